The lowest BCUT2D eigenvalue weighted by atomic mass is 10.2. The van der Waals surface area contributed by atoms with Gasteiger partial charge in [-0.3, -0.25) is 4.90 Å². The van der Waals surface area contributed by atoms with Crippen LogP contribution in [-0.4, -0.2) is 75.5 Å². The van der Waals surface area contributed by atoms with Gasteiger partial charge in [0, 0.05) is 45.9 Å². The molecule has 0 aromatic carbocycles. The number of hydrogen-bond acceptors (Lipinski definition) is 4. The van der Waals surface area contributed by atoms with Gasteiger partial charge in [0.2, 0.25) is 0 Å². The van der Waals surface area contributed by atoms with Gasteiger partial charge in [0.1, 0.15) is 0 Å². The van der Waals surface area contributed by atoms with E-state index in [1.165, 1.54) is 51.9 Å². The summed E-state index contributed by atoms with van der Waals surface area (Å²) in [4.78, 5) is 4.89. The smallest absolute Gasteiger partial charge is 0.0593 e. The van der Waals surface area contributed by atoms with E-state index in [1.54, 1.807) is 0 Å². The van der Waals surface area contributed by atoms with Crippen molar-refractivity contribution in [2.75, 3.05) is 59.6 Å². The number of nitrogens with zero attached hydrogens (tertiary/aromatic N) is 2. The van der Waals surface area contributed by atoms with E-state index in [0.717, 1.165) is 26.4 Å². The SMILES string of the molecule is CC(C)OCCCCCCOCCN1CCN(C)CC1. The fraction of sp³-hybridized carbons (Fsp3) is 1.00. The van der Waals surface area contributed by atoms with Gasteiger partial charge < -0.3 is 14.4 Å². The minimum atomic E-state index is 0.368. The van der Waals surface area contributed by atoms with Crippen LogP contribution in [0.2, 0.25) is 0 Å². The third-order valence-corrected chi connectivity index (χ3v) is 3.78. The lowest BCUT2D eigenvalue weighted by molar-refractivity contribution is 0.0719. The Kier molecular flexibility index (Phi) is 10.3. The summed E-state index contributed by atoms with van der Waals surface area (Å²) in [6.07, 6.45) is 5.25. The van der Waals surface area contributed by atoms with E-state index in [2.05, 4.69) is 30.7 Å². The maximum Gasteiger partial charge on any atom is 0.0593 e. The van der Waals surface area contributed by atoms with Crippen molar-refractivity contribution in [3.05, 3.63) is 0 Å². The Labute approximate surface area is 125 Å². The highest BCUT2D eigenvalue weighted by Gasteiger charge is 2.12. The van der Waals surface area contributed by atoms with Crippen molar-refractivity contribution in [2.24, 2.45) is 0 Å². The first-order valence-corrected chi connectivity index (χ1v) is 8.28. The average Bonchev–Trinajstić information content (AvgIpc) is 2.42. The largest absolute Gasteiger partial charge is 0.380 e. The zero-order valence-corrected chi connectivity index (χ0v) is 13.8. The topological polar surface area (TPSA) is 24.9 Å². The third-order valence-electron chi connectivity index (χ3n) is 3.78. The second-order valence-electron chi connectivity index (χ2n) is 6.09. The average molecular weight is 286 g/mol. The van der Waals surface area contributed by atoms with Crippen LogP contribution in [0.5, 0.6) is 0 Å². The Bertz CT molecular complexity index is 217. The molecular weight excluding hydrogens is 252 g/mol. The molecule has 1 fully saturated rings. The second kappa shape index (κ2) is 11.5. The summed E-state index contributed by atoms with van der Waals surface area (Å²) < 4.78 is 11.2. The molecule has 1 aliphatic rings. The van der Waals surface area contributed by atoms with Crippen molar-refractivity contribution < 1.29 is 9.47 Å². The molecule has 0 N–H and O–H groups in total. The van der Waals surface area contributed by atoms with Gasteiger partial charge in [0.25, 0.3) is 0 Å². The minimum absolute atomic E-state index is 0.368. The lowest BCUT2D eigenvalue weighted by Gasteiger charge is -2.32. The van der Waals surface area contributed by atoms with Gasteiger partial charge in [-0.25, -0.2) is 0 Å². The molecule has 0 amide bonds. The molecule has 0 aromatic rings. The van der Waals surface area contributed by atoms with E-state index in [9.17, 15) is 0 Å². The molecule has 0 atom stereocenters. The Morgan fingerprint density at radius 3 is 2.15 bits per heavy atom. The second-order valence-corrected chi connectivity index (χ2v) is 6.09. The van der Waals surface area contributed by atoms with Crippen LogP contribution >= 0.6 is 0 Å². The number of rotatable bonds is 11. The van der Waals surface area contributed by atoms with Crippen molar-refractivity contribution >= 4 is 0 Å². The van der Waals surface area contributed by atoms with Gasteiger partial charge in [0.05, 0.1) is 12.7 Å². The van der Waals surface area contributed by atoms with E-state index in [-0.39, 0.29) is 0 Å². The van der Waals surface area contributed by atoms with Gasteiger partial charge in [-0.05, 0) is 33.7 Å². The Morgan fingerprint density at radius 2 is 1.50 bits per heavy atom. The van der Waals surface area contributed by atoms with E-state index in [0.29, 0.717) is 6.10 Å². The standard InChI is InChI=1S/C16H34N2O2/c1-16(2)20-14-7-5-4-6-13-19-15-12-18-10-8-17(3)9-11-18/h16H,4-15H2,1-3H3. The number of piperazine rings is 1. The zero-order chi connectivity index (χ0) is 14.6. The van der Waals surface area contributed by atoms with E-state index in [1.807, 2.05) is 0 Å². The summed E-state index contributed by atoms with van der Waals surface area (Å²) in [7, 11) is 2.19. The minimum Gasteiger partial charge on any atom is -0.380 e. The lowest BCUT2D eigenvalue weighted by Crippen LogP contribution is -2.45. The van der Waals surface area contributed by atoms with Gasteiger partial charge in [-0.1, -0.05) is 12.8 Å². The molecule has 0 radical (unpaired) electrons. The van der Waals surface area contributed by atoms with Crippen molar-refractivity contribution in [2.45, 2.75) is 45.6 Å². The first-order valence-electron chi connectivity index (χ1n) is 8.28. The Balaban J connectivity index is 1.76. The van der Waals surface area contributed by atoms with Crippen LogP contribution in [0.1, 0.15) is 39.5 Å². The summed E-state index contributed by atoms with van der Waals surface area (Å²) >= 11 is 0. The highest BCUT2D eigenvalue weighted by molar-refractivity contribution is 4.68. The molecule has 20 heavy (non-hydrogen) atoms. The molecule has 0 saturated carbocycles. The highest BCUT2D eigenvalue weighted by atomic mass is 16.5. The quantitative estimate of drug-likeness (QED) is 0.544. The van der Waals surface area contributed by atoms with E-state index in [4.69, 9.17) is 9.47 Å². The summed E-state index contributed by atoms with van der Waals surface area (Å²) in [5.41, 5.74) is 0. The number of unbranched alkanes of at least 4 members (excludes halogenated alkanes) is 3. The molecule has 0 aromatic heterocycles. The van der Waals surface area contributed by atoms with E-state index < -0.39 is 0 Å². The molecule has 0 spiro atoms. The first kappa shape index (κ1) is 17.9. The number of likely N-dealkylation sites (N-methyl/N-ethyl adjacent to an activating group) is 1. The van der Waals surface area contributed by atoms with Crippen LogP contribution in [0.15, 0.2) is 0 Å². The van der Waals surface area contributed by atoms with Gasteiger partial charge >= 0.3 is 0 Å². The normalized spacial score (nSPS) is 18.0. The zero-order valence-electron chi connectivity index (χ0n) is 13.8. The van der Waals surface area contributed by atoms with Crippen molar-refractivity contribution in [3.8, 4) is 0 Å². The fourth-order valence-corrected chi connectivity index (χ4v) is 2.35. The maximum absolute atomic E-state index is 5.72. The summed E-state index contributed by atoms with van der Waals surface area (Å²) in [5.74, 6) is 0. The van der Waals surface area contributed by atoms with Crippen molar-refractivity contribution in [3.63, 3.8) is 0 Å². The summed E-state index contributed by atoms with van der Waals surface area (Å²) in [5, 5.41) is 0. The first-order chi connectivity index (χ1) is 9.68. The number of ether oxygens (including phenoxy) is 2. The number of hydrogen-bond donors (Lipinski definition) is 0. The van der Waals surface area contributed by atoms with Gasteiger partial charge in [-0.2, -0.15) is 0 Å². The van der Waals surface area contributed by atoms with Crippen molar-refractivity contribution in [1.29, 1.82) is 0 Å². The predicted octanol–water partition coefficient (Wildman–Crippen LogP) is 2.24. The molecule has 1 saturated heterocycles. The maximum atomic E-state index is 5.72. The molecule has 120 valence electrons. The Morgan fingerprint density at radius 1 is 0.850 bits per heavy atom. The molecule has 4 heteroatoms. The molecule has 1 rings (SSSR count). The van der Waals surface area contributed by atoms with Crippen LogP contribution < -0.4 is 0 Å². The van der Waals surface area contributed by atoms with Crippen molar-refractivity contribution in [1.82, 2.24) is 9.80 Å². The monoisotopic (exact) mass is 286 g/mol. The highest BCUT2D eigenvalue weighted by Crippen LogP contribution is 2.02. The molecule has 0 aliphatic carbocycles. The van der Waals surface area contributed by atoms with E-state index >= 15 is 0 Å². The van der Waals surface area contributed by atoms with Crippen LogP contribution in [0, 0.1) is 0 Å². The summed E-state index contributed by atoms with van der Waals surface area (Å²) in [6, 6.07) is 0. The van der Waals surface area contributed by atoms with Gasteiger partial charge in [-0.15, -0.1) is 0 Å². The molecule has 0 bridgehead atoms. The third kappa shape index (κ3) is 9.70. The van der Waals surface area contributed by atoms with Crippen LogP contribution in [0.25, 0.3) is 0 Å². The van der Waals surface area contributed by atoms with Crippen LogP contribution in [0.4, 0.5) is 0 Å². The molecule has 1 aliphatic heterocycles. The predicted molar refractivity (Wildman–Crippen MR) is 84.3 cm³/mol. The summed E-state index contributed by atoms with van der Waals surface area (Å²) in [6.45, 7) is 12.8. The Hall–Kier alpha value is -0.160. The molecular formula is C16H34N2O2. The molecule has 0 unspecified atom stereocenters. The fourth-order valence-electron chi connectivity index (χ4n) is 2.35. The van der Waals surface area contributed by atoms with Crippen LogP contribution in [-0.2, 0) is 9.47 Å². The van der Waals surface area contributed by atoms with Gasteiger partial charge in [0.15, 0.2) is 0 Å². The molecule has 4 nitrogen and oxygen atoms in total. The van der Waals surface area contributed by atoms with Crippen LogP contribution in [0.3, 0.4) is 0 Å². The molecule has 1 heterocycles.